The highest BCUT2D eigenvalue weighted by Crippen LogP contribution is 2.26. The maximum absolute atomic E-state index is 11.8. The minimum absolute atomic E-state index is 0.0851. The van der Waals surface area contributed by atoms with E-state index in [2.05, 4.69) is 5.32 Å². The van der Waals surface area contributed by atoms with Crippen LogP contribution in [-0.2, 0) is 9.59 Å². The molecule has 112 valence electrons. The van der Waals surface area contributed by atoms with Crippen molar-refractivity contribution >= 4 is 41.2 Å². The zero-order valence-corrected chi connectivity index (χ0v) is 12.7. The summed E-state index contributed by atoms with van der Waals surface area (Å²) in [7, 11) is 0. The summed E-state index contributed by atoms with van der Waals surface area (Å²) in [4.78, 5) is 22.7. The fraction of sp³-hybridized carbons (Fsp3) is 0.333. The number of carboxylic acid groups (broad SMARTS) is 1. The number of hydrogen-bond donors (Lipinski definition) is 2. The van der Waals surface area contributed by atoms with Crippen molar-refractivity contribution in [1.29, 1.82) is 0 Å². The lowest BCUT2D eigenvalue weighted by atomic mass is 10.1. The number of carbonyl (C=O) groups excluding carboxylic acids is 1. The minimum atomic E-state index is -0.798. The molecule has 0 spiro atoms. The monoisotopic (exact) mass is 327 g/mol. The Balaban J connectivity index is 1.91. The molecule has 1 aromatic carbocycles. The maximum atomic E-state index is 11.8. The number of carboxylic acids is 1. The molecule has 0 radical (unpaired) electrons. The van der Waals surface area contributed by atoms with Crippen molar-refractivity contribution in [3.63, 3.8) is 0 Å². The van der Waals surface area contributed by atoms with Crippen LogP contribution < -0.4 is 5.32 Å². The molecule has 1 aliphatic carbocycles. The van der Waals surface area contributed by atoms with Gasteiger partial charge in [-0.15, -0.1) is 0 Å². The summed E-state index contributed by atoms with van der Waals surface area (Å²) < 4.78 is 0. The van der Waals surface area contributed by atoms with Crippen LogP contribution in [0.1, 0.15) is 24.8 Å². The van der Waals surface area contributed by atoms with Gasteiger partial charge in [0.25, 0.3) is 0 Å². The number of carbonyl (C=O) groups is 2. The number of nitrogens with one attached hydrogen (secondary N) is 1. The standard InChI is InChI=1S/C15H15Cl2NO3/c16-11-3-5-13(17)9(7-11)2-6-14(19)18-12-4-1-10(8-12)15(20)21/h2-3,5-7,10,12H,1,4,8H2,(H,18,19)(H,20,21)/b6-2+/t10-,12+/m1/s1. The van der Waals surface area contributed by atoms with Gasteiger partial charge in [0, 0.05) is 22.2 Å². The molecule has 2 atom stereocenters. The quantitative estimate of drug-likeness (QED) is 0.833. The average molecular weight is 328 g/mol. The van der Waals surface area contributed by atoms with Gasteiger partial charge in [0.05, 0.1) is 5.92 Å². The number of amides is 1. The summed E-state index contributed by atoms with van der Waals surface area (Å²) in [5.74, 6) is -1.42. The van der Waals surface area contributed by atoms with Gasteiger partial charge in [-0.3, -0.25) is 9.59 Å². The second-order valence-electron chi connectivity index (χ2n) is 5.05. The number of halogens is 2. The van der Waals surface area contributed by atoms with Gasteiger partial charge in [0.15, 0.2) is 0 Å². The first-order chi connectivity index (χ1) is 9.95. The van der Waals surface area contributed by atoms with E-state index < -0.39 is 5.97 Å². The Morgan fingerprint density at radius 3 is 2.71 bits per heavy atom. The Labute approximate surface area is 132 Å². The van der Waals surface area contributed by atoms with E-state index in [1.807, 2.05) is 0 Å². The Hall–Kier alpha value is -1.52. The van der Waals surface area contributed by atoms with Crippen LogP contribution in [0.2, 0.25) is 10.0 Å². The van der Waals surface area contributed by atoms with Crippen LogP contribution in [-0.4, -0.2) is 23.0 Å². The van der Waals surface area contributed by atoms with Gasteiger partial charge in [-0.05, 0) is 49.1 Å². The van der Waals surface area contributed by atoms with Gasteiger partial charge in [-0.25, -0.2) is 0 Å². The lowest BCUT2D eigenvalue weighted by Crippen LogP contribution is -2.31. The van der Waals surface area contributed by atoms with E-state index in [0.717, 1.165) is 0 Å². The normalized spacial score (nSPS) is 21.6. The van der Waals surface area contributed by atoms with Crippen molar-refractivity contribution in [2.45, 2.75) is 25.3 Å². The van der Waals surface area contributed by atoms with Crippen molar-refractivity contribution in [3.05, 3.63) is 39.9 Å². The smallest absolute Gasteiger partial charge is 0.306 e. The molecule has 0 aliphatic heterocycles. The van der Waals surface area contributed by atoms with Crippen LogP contribution in [0, 0.1) is 5.92 Å². The lowest BCUT2D eigenvalue weighted by molar-refractivity contribution is -0.141. The molecule has 1 aromatic rings. The Morgan fingerprint density at radius 2 is 2.05 bits per heavy atom. The topological polar surface area (TPSA) is 66.4 Å². The van der Waals surface area contributed by atoms with Gasteiger partial charge < -0.3 is 10.4 Å². The molecule has 2 N–H and O–H groups in total. The van der Waals surface area contributed by atoms with Gasteiger partial charge in [0.2, 0.25) is 5.91 Å². The molecule has 4 nitrogen and oxygen atoms in total. The average Bonchev–Trinajstić information content (AvgIpc) is 2.88. The van der Waals surface area contributed by atoms with Gasteiger partial charge in [-0.1, -0.05) is 23.2 Å². The minimum Gasteiger partial charge on any atom is -0.481 e. The van der Waals surface area contributed by atoms with Crippen molar-refractivity contribution in [2.24, 2.45) is 5.92 Å². The summed E-state index contributed by atoms with van der Waals surface area (Å²) in [5.41, 5.74) is 0.661. The number of hydrogen-bond acceptors (Lipinski definition) is 2. The van der Waals surface area contributed by atoms with Crippen LogP contribution in [0.15, 0.2) is 24.3 Å². The third kappa shape index (κ3) is 4.48. The second-order valence-corrected chi connectivity index (χ2v) is 5.90. The van der Waals surface area contributed by atoms with Crippen LogP contribution in [0.4, 0.5) is 0 Å². The van der Waals surface area contributed by atoms with Gasteiger partial charge in [0.1, 0.15) is 0 Å². The summed E-state index contributed by atoms with van der Waals surface area (Å²) in [6.45, 7) is 0. The molecule has 0 unspecified atom stereocenters. The Morgan fingerprint density at radius 1 is 1.29 bits per heavy atom. The molecular weight excluding hydrogens is 313 g/mol. The van der Waals surface area contributed by atoms with Crippen LogP contribution >= 0.6 is 23.2 Å². The SMILES string of the molecule is O=C(/C=C/c1cc(Cl)ccc1Cl)N[C@H]1CC[C@@H](C(=O)O)C1. The summed E-state index contributed by atoms with van der Waals surface area (Å²) >= 11 is 11.9. The Bertz CT molecular complexity index is 586. The highest BCUT2D eigenvalue weighted by atomic mass is 35.5. The first kappa shape index (κ1) is 15.9. The van der Waals surface area contributed by atoms with E-state index in [9.17, 15) is 9.59 Å². The van der Waals surface area contributed by atoms with E-state index in [-0.39, 0.29) is 17.9 Å². The fourth-order valence-corrected chi connectivity index (χ4v) is 2.76. The van der Waals surface area contributed by atoms with E-state index >= 15 is 0 Å². The largest absolute Gasteiger partial charge is 0.481 e. The highest BCUT2D eigenvalue weighted by molar-refractivity contribution is 6.34. The third-order valence-electron chi connectivity index (χ3n) is 3.50. The number of aliphatic carboxylic acids is 1. The van der Waals surface area contributed by atoms with Crippen LogP contribution in [0.3, 0.4) is 0 Å². The molecule has 0 aromatic heterocycles. The molecule has 2 rings (SSSR count). The predicted molar refractivity (Wildman–Crippen MR) is 82.4 cm³/mol. The van der Waals surface area contributed by atoms with Gasteiger partial charge in [-0.2, -0.15) is 0 Å². The van der Waals surface area contributed by atoms with E-state index in [1.165, 1.54) is 6.08 Å². The van der Waals surface area contributed by atoms with E-state index in [4.69, 9.17) is 28.3 Å². The van der Waals surface area contributed by atoms with E-state index in [0.29, 0.717) is 34.9 Å². The molecule has 0 saturated heterocycles. The number of benzene rings is 1. The molecule has 21 heavy (non-hydrogen) atoms. The van der Waals surface area contributed by atoms with Crippen molar-refractivity contribution < 1.29 is 14.7 Å². The highest BCUT2D eigenvalue weighted by Gasteiger charge is 2.30. The fourth-order valence-electron chi connectivity index (χ4n) is 2.39. The van der Waals surface area contributed by atoms with Crippen molar-refractivity contribution in [1.82, 2.24) is 5.32 Å². The first-order valence-corrected chi connectivity index (χ1v) is 7.37. The van der Waals surface area contributed by atoms with Crippen molar-refractivity contribution in [2.75, 3.05) is 0 Å². The third-order valence-corrected chi connectivity index (χ3v) is 4.08. The van der Waals surface area contributed by atoms with Crippen molar-refractivity contribution in [3.8, 4) is 0 Å². The summed E-state index contributed by atoms with van der Waals surface area (Å²) in [5, 5.41) is 12.8. The second kappa shape index (κ2) is 6.96. The number of rotatable bonds is 4. The maximum Gasteiger partial charge on any atom is 0.306 e. The molecule has 1 amide bonds. The zero-order chi connectivity index (χ0) is 15.4. The molecular formula is C15H15Cl2NO3. The zero-order valence-electron chi connectivity index (χ0n) is 11.2. The lowest BCUT2D eigenvalue weighted by Gasteiger charge is -2.10. The molecule has 1 aliphatic rings. The molecule has 1 fully saturated rings. The molecule has 0 heterocycles. The molecule has 6 heteroatoms. The summed E-state index contributed by atoms with van der Waals surface area (Å²) in [6, 6.07) is 4.92. The summed E-state index contributed by atoms with van der Waals surface area (Å²) in [6.07, 6.45) is 4.74. The molecule has 0 bridgehead atoms. The Kier molecular flexibility index (Phi) is 5.26. The van der Waals surface area contributed by atoms with Gasteiger partial charge >= 0.3 is 5.97 Å². The van der Waals surface area contributed by atoms with Crippen LogP contribution in [0.25, 0.3) is 6.08 Å². The first-order valence-electron chi connectivity index (χ1n) is 6.62. The van der Waals surface area contributed by atoms with Crippen LogP contribution in [0.5, 0.6) is 0 Å². The van der Waals surface area contributed by atoms with E-state index in [1.54, 1.807) is 24.3 Å². The molecule has 1 saturated carbocycles. The predicted octanol–water partition coefficient (Wildman–Crippen LogP) is 3.38.